The number of likely N-dealkylation sites (tertiary alicyclic amines) is 1. The number of alkyl halides is 1. The summed E-state index contributed by atoms with van der Waals surface area (Å²) in [6, 6.07) is 6.99. The summed E-state index contributed by atoms with van der Waals surface area (Å²) in [4.78, 5) is 1.97. The summed E-state index contributed by atoms with van der Waals surface area (Å²) < 4.78 is 24.9. The molecule has 1 saturated heterocycles. The molecule has 0 spiro atoms. The van der Waals surface area contributed by atoms with Crippen LogP contribution in [0.15, 0.2) is 24.3 Å². The summed E-state index contributed by atoms with van der Waals surface area (Å²) in [7, 11) is 0.992. The molecule has 0 aliphatic carbocycles. The summed E-state index contributed by atoms with van der Waals surface area (Å²) in [5, 5.41) is 9.81. The van der Waals surface area contributed by atoms with Gasteiger partial charge < -0.3 is 19.3 Å². The van der Waals surface area contributed by atoms with Crippen molar-refractivity contribution < 1.29 is 18.8 Å². The first kappa shape index (κ1) is 16.3. The van der Waals surface area contributed by atoms with Gasteiger partial charge in [0.15, 0.2) is 0 Å². The van der Waals surface area contributed by atoms with E-state index in [4.69, 9.17) is 9.39 Å². The normalized spacial score (nSPS) is 23.0. The lowest BCUT2D eigenvalue weighted by Crippen LogP contribution is -2.45. The minimum atomic E-state index is -0.970. The SMILES string of the molecule is CCCOB(O)c1ccc(O[C@H]2CCN(C)C[C@H]2F)cc1. The molecule has 1 N–H and O–H groups in total. The molecule has 1 heterocycles. The van der Waals surface area contributed by atoms with Gasteiger partial charge in [0.1, 0.15) is 18.0 Å². The van der Waals surface area contributed by atoms with Crippen LogP contribution in [0.3, 0.4) is 0 Å². The molecule has 2 rings (SSSR count). The second kappa shape index (κ2) is 7.78. The molecule has 1 aromatic rings. The van der Waals surface area contributed by atoms with Gasteiger partial charge in [-0.2, -0.15) is 0 Å². The van der Waals surface area contributed by atoms with Gasteiger partial charge >= 0.3 is 7.12 Å². The fraction of sp³-hybridized carbons (Fsp3) is 0.600. The molecule has 0 unspecified atom stereocenters. The number of ether oxygens (including phenoxy) is 1. The lowest BCUT2D eigenvalue weighted by Gasteiger charge is -2.32. The van der Waals surface area contributed by atoms with Crippen LogP contribution >= 0.6 is 0 Å². The molecule has 1 aliphatic heterocycles. The highest BCUT2D eigenvalue weighted by Crippen LogP contribution is 2.20. The van der Waals surface area contributed by atoms with Crippen molar-refractivity contribution in [1.29, 1.82) is 0 Å². The van der Waals surface area contributed by atoms with E-state index in [1.807, 2.05) is 18.9 Å². The highest BCUT2D eigenvalue weighted by Gasteiger charge is 2.29. The van der Waals surface area contributed by atoms with Crippen LogP contribution in [0.2, 0.25) is 0 Å². The number of rotatable bonds is 6. The van der Waals surface area contributed by atoms with Gasteiger partial charge in [-0.25, -0.2) is 4.39 Å². The van der Waals surface area contributed by atoms with Gasteiger partial charge in [-0.1, -0.05) is 19.1 Å². The first-order chi connectivity index (χ1) is 10.1. The first-order valence-electron chi connectivity index (χ1n) is 7.49. The predicted molar refractivity (Wildman–Crippen MR) is 81.7 cm³/mol. The fourth-order valence-corrected chi connectivity index (χ4v) is 2.38. The van der Waals surface area contributed by atoms with Gasteiger partial charge in [0.2, 0.25) is 0 Å². The highest BCUT2D eigenvalue weighted by atomic mass is 19.1. The van der Waals surface area contributed by atoms with E-state index in [0.29, 0.717) is 30.8 Å². The van der Waals surface area contributed by atoms with Crippen molar-refractivity contribution >= 4 is 12.6 Å². The number of benzene rings is 1. The fourth-order valence-electron chi connectivity index (χ4n) is 2.38. The summed E-state index contributed by atoms with van der Waals surface area (Å²) in [6.07, 6.45) is 0.170. The Hall–Kier alpha value is -1.11. The Kier molecular flexibility index (Phi) is 6.02. The van der Waals surface area contributed by atoms with Crippen molar-refractivity contribution in [3.05, 3.63) is 24.3 Å². The Bertz CT molecular complexity index is 431. The van der Waals surface area contributed by atoms with Crippen molar-refractivity contribution in [1.82, 2.24) is 4.90 Å². The van der Waals surface area contributed by atoms with Crippen LogP contribution < -0.4 is 10.2 Å². The number of halogens is 1. The van der Waals surface area contributed by atoms with E-state index in [9.17, 15) is 9.41 Å². The molecule has 116 valence electrons. The zero-order valence-corrected chi connectivity index (χ0v) is 12.7. The van der Waals surface area contributed by atoms with Crippen LogP contribution in [0.25, 0.3) is 0 Å². The molecule has 6 heteroatoms. The van der Waals surface area contributed by atoms with Gasteiger partial charge in [0, 0.05) is 19.7 Å². The maximum Gasteiger partial charge on any atom is 0.491 e. The molecule has 4 nitrogen and oxygen atoms in total. The standard InChI is InChI=1S/C15H23BFNO3/c1-3-10-20-16(19)12-4-6-13(7-5-12)21-15-8-9-18(2)11-14(15)17/h4-7,14-15,19H,3,8-11H2,1-2H3/t14-,15+/m1/s1. The van der Waals surface area contributed by atoms with Crippen LogP contribution in [0.4, 0.5) is 4.39 Å². The Balaban J connectivity index is 1.90. The Morgan fingerprint density at radius 1 is 1.38 bits per heavy atom. The third-order valence-electron chi connectivity index (χ3n) is 3.62. The molecule has 0 radical (unpaired) electrons. The van der Waals surface area contributed by atoms with E-state index in [1.54, 1.807) is 24.3 Å². The smallest absolute Gasteiger partial charge is 0.487 e. The monoisotopic (exact) mass is 295 g/mol. The molecule has 0 amide bonds. The minimum absolute atomic E-state index is 0.395. The molecule has 21 heavy (non-hydrogen) atoms. The van der Waals surface area contributed by atoms with Crippen LogP contribution in [0.5, 0.6) is 5.75 Å². The van der Waals surface area contributed by atoms with Gasteiger partial charge in [0.25, 0.3) is 0 Å². The van der Waals surface area contributed by atoms with E-state index >= 15 is 0 Å². The summed E-state index contributed by atoms with van der Waals surface area (Å²) in [6.45, 7) is 3.75. The zero-order chi connectivity index (χ0) is 15.2. The highest BCUT2D eigenvalue weighted by molar-refractivity contribution is 6.59. The lowest BCUT2D eigenvalue weighted by molar-refractivity contribution is 0.0313. The Morgan fingerprint density at radius 3 is 2.71 bits per heavy atom. The third kappa shape index (κ3) is 4.69. The number of nitrogens with zero attached hydrogens (tertiary/aromatic N) is 1. The summed E-state index contributed by atoms with van der Waals surface area (Å²) >= 11 is 0. The number of hydrogen-bond acceptors (Lipinski definition) is 4. The van der Waals surface area contributed by atoms with Crippen molar-refractivity contribution in [2.45, 2.75) is 32.0 Å². The van der Waals surface area contributed by atoms with Crippen LogP contribution in [0.1, 0.15) is 19.8 Å². The molecule has 0 aromatic heterocycles. The van der Waals surface area contributed by atoms with Crippen molar-refractivity contribution in [2.24, 2.45) is 0 Å². The molecule has 1 aliphatic rings. The zero-order valence-electron chi connectivity index (χ0n) is 12.7. The van der Waals surface area contributed by atoms with Crippen LogP contribution in [0, 0.1) is 0 Å². The molecular formula is C15H23BFNO3. The Morgan fingerprint density at radius 2 is 2.10 bits per heavy atom. The summed E-state index contributed by atoms with van der Waals surface area (Å²) in [5.74, 6) is 0.624. The molecule has 0 saturated carbocycles. The second-order valence-electron chi connectivity index (χ2n) is 5.52. The van der Waals surface area contributed by atoms with Crippen LogP contribution in [-0.4, -0.2) is 56.1 Å². The van der Waals surface area contributed by atoms with Crippen molar-refractivity contribution in [3.8, 4) is 5.75 Å². The van der Waals surface area contributed by atoms with E-state index < -0.39 is 19.4 Å². The maximum atomic E-state index is 13.9. The van der Waals surface area contributed by atoms with E-state index in [1.165, 1.54) is 0 Å². The topological polar surface area (TPSA) is 41.9 Å². The number of hydrogen-bond donors (Lipinski definition) is 1. The van der Waals surface area contributed by atoms with Crippen LogP contribution in [-0.2, 0) is 4.65 Å². The molecule has 2 atom stereocenters. The van der Waals surface area contributed by atoms with E-state index in [-0.39, 0.29) is 0 Å². The average Bonchev–Trinajstić information content (AvgIpc) is 2.48. The van der Waals surface area contributed by atoms with Crippen molar-refractivity contribution in [3.63, 3.8) is 0 Å². The van der Waals surface area contributed by atoms with E-state index in [0.717, 1.165) is 13.0 Å². The molecule has 1 fully saturated rings. The van der Waals surface area contributed by atoms with Gasteiger partial charge in [-0.15, -0.1) is 0 Å². The molecular weight excluding hydrogens is 272 g/mol. The van der Waals surface area contributed by atoms with Gasteiger partial charge in [0.05, 0.1) is 0 Å². The average molecular weight is 295 g/mol. The van der Waals surface area contributed by atoms with Gasteiger partial charge in [-0.05, 0) is 37.5 Å². The van der Waals surface area contributed by atoms with Gasteiger partial charge in [-0.3, -0.25) is 0 Å². The lowest BCUT2D eigenvalue weighted by atomic mass is 9.79. The maximum absolute atomic E-state index is 13.9. The largest absolute Gasteiger partial charge is 0.491 e. The quantitative estimate of drug-likeness (QED) is 0.801. The third-order valence-corrected chi connectivity index (χ3v) is 3.62. The second-order valence-corrected chi connectivity index (χ2v) is 5.52. The van der Waals surface area contributed by atoms with E-state index in [2.05, 4.69) is 0 Å². The van der Waals surface area contributed by atoms with Crippen molar-refractivity contribution in [2.75, 3.05) is 26.7 Å². The molecule has 1 aromatic carbocycles. The number of piperidine rings is 1. The predicted octanol–water partition coefficient (Wildman–Crippen LogP) is 1.22. The summed E-state index contributed by atoms with van der Waals surface area (Å²) in [5.41, 5.74) is 0.677. The minimum Gasteiger partial charge on any atom is -0.487 e. The Labute approximate surface area is 126 Å². The first-order valence-corrected chi connectivity index (χ1v) is 7.49. The molecule has 0 bridgehead atoms.